The van der Waals surface area contributed by atoms with E-state index in [9.17, 15) is 9.90 Å². The van der Waals surface area contributed by atoms with Crippen LogP contribution in [0.5, 0.6) is 0 Å². The number of aliphatic hydroxyl groups excluding tert-OH is 1. The van der Waals surface area contributed by atoms with Gasteiger partial charge in [-0.1, -0.05) is 41.9 Å². The van der Waals surface area contributed by atoms with Crippen LogP contribution in [-0.2, 0) is 10.2 Å². The minimum atomic E-state index is -0.372. The number of nitrogens with one attached hydrogen (secondary N) is 1. The summed E-state index contributed by atoms with van der Waals surface area (Å²) < 4.78 is 1.02. The van der Waals surface area contributed by atoms with Gasteiger partial charge in [-0.15, -0.1) is 0 Å². The van der Waals surface area contributed by atoms with Crippen LogP contribution in [0.25, 0.3) is 0 Å². The van der Waals surface area contributed by atoms with Gasteiger partial charge in [0.1, 0.15) is 0 Å². The molecule has 19 heavy (non-hydrogen) atoms. The fraction of sp³-hybridized carbons (Fsp3) is 0.533. The van der Waals surface area contributed by atoms with E-state index in [0.29, 0.717) is 0 Å². The highest BCUT2D eigenvalue weighted by Crippen LogP contribution is 2.48. The molecular formula is C15H20BrNO2. The van der Waals surface area contributed by atoms with Gasteiger partial charge in [0.15, 0.2) is 0 Å². The first-order valence-corrected chi connectivity index (χ1v) is 7.47. The smallest absolute Gasteiger partial charge is 0.230 e. The molecule has 1 unspecified atom stereocenters. The Kier molecular flexibility index (Phi) is 4.31. The zero-order chi connectivity index (χ0) is 14.0. The normalized spacial score (nSPS) is 18.2. The molecule has 0 radical (unpaired) electrons. The van der Waals surface area contributed by atoms with E-state index < -0.39 is 0 Å². The highest BCUT2D eigenvalue weighted by Gasteiger charge is 2.51. The second-order valence-electron chi connectivity index (χ2n) is 5.60. The van der Waals surface area contributed by atoms with Gasteiger partial charge in [0, 0.05) is 4.47 Å². The van der Waals surface area contributed by atoms with E-state index in [1.54, 1.807) is 0 Å². The van der Waals surface area contributed by atoms with Gasteiger partial charge in [0.2, 0.25) is 5.91 Å². The second-order valence-corrected chi connectivity index (χ2v) is 6.51. The van der Waals surface area contributed by atoms with Crippen molar-refractivity contribution >= 4 is 21.8 Å². The van der Waals surface area contributed by atoms with Gasteiger partial charge in [-0.3, -0.25) is 4.79 Å². The van der Waals surface area contributed by atoms with Crippen LogP contribution in [0.15, 0.2) is 28.7 Å². The summed E-state index contributed by atoms with van der Waals surface area (Å²) in [4.78, 5) is 12.5. The number of carbonyl (C=O) groups is 1. The van der Waals surface area contributed by atoms with Crippen LogP contribution < -0.4 is 5.32 Å². The van der Waals surface area contributed by atoms with Crippen molar-refractivity contribution in [1.82, 2.24) is 5.32 Å². The maximum atomic E-state index is 12.5. The van der Waals surface area contributed by atoms with Crippen LogP contribution in [0.2, 0.25) is 0 Å². The number of rotatable bonds is 5. The van der Waals surface area contributed by atoms with Crippen molar-refractivity contribution in [2.24, 2.45) is 5.92 Å². The molecule has 1 fully saturated rings. The molecule has 2 rings (SSSR count). The molecule has 104 valence electrons. The van der Waals surface area contributed by atoms with Crippen molar-refractivity contribution in [1.29, 1.82) is 0 Å². The Hall–Kier alpha value is -0.870. The topological polar surface area (TPSA) is 49.3 Å². The third kappa shape index (κ3) is 3.00. The van der Waals surface area contributed by atoms with Crippen molar-refractivity contribution in [3.05, 3.63) is 34.3 Å². The van der Waals surface area contributed by atoms with Crippen LogP contribution in [0.4, 0.5) is 0 Å². The summed E-state index contributed by atoms with van der Waals surface area (Å²) in [5.41, 5.74) is 0.692. The van der Waals surface area contributed by atoms with Crippen molar-refractivity contribution < 1.29 is 9.90 Å². The molecule has 1 aliphatic carbocycles. The largest absolute Gasteiger partial charge is 0.394 e. The number of hydrogen-bond acceptors (Lipinski definition) is 2. The fourth-order valence-electron chi connectivity index (χ4n) is 2.27. The molecule has 1 amide bonds. The fourth-order valence-corrected chi connectivity index (χ4v) is 2.53. The Morgan fingerprint density at radius 1 is 1.37 bits per heavy atom. The van der Waals surface area contributed by atoms with E-state index in [-0.39, 0.29) is 29.9 Å². The number of benzene rings is 1. The lowest BCUT2D eigenvalue weighted by Crippen LogP contribution is -2.45. The van der Waals surface area contributed by atoms with Gasteiger partial charge in [-0.05, 0) is 36.5 Å². The number of halogens is 1. The van der Waals surface area contributed by atoms with Crippen LogP contribution in [-0.4, -0.2) is 23.7 Å². The summed E-state index contributed by atoms with van der Waals surface area (Å²) in [5.74, 6) is 0.275. The Labute approximate surface area is 122 Å². The molecule has 1 aromatic rings. The Morgan fingerprint density at radius 3 is 2.37 bits per heavy atom. The van der Waals surface area contributed by atoms with Gasteiger partial charge >= 0.3 is 0 Å². The predicted molar refractivity (Wildman–Crippen MR) is 78.9 cm³/mol. The summed E-state index contributed by atoms with van der Waals surface area (Å²) in [5, 5.41) is 12.3. The van der Waals surface area contributed by atoms with Crippen LogP contribution in [0, 0.1) is 5.92 Å². The number of aliphatic hydroxyl groups is 1. The van der Waals surface area contributed by atoms with Crippen LogP contribution >= 0.6 is 15.9 Å². The maximum Gasteiger partial charge on any atom is 0.230 e. The summed E-state index contributed by atoms with van der Waals surface area (Å²) in [7, 11) is 0. The lowest BCUT2D eigenvalue weighted by molar-refractivity contribution is -0.125. The molecule has 0 aliphatic heterocycles. The van der Waals surface area contributed by atoms with Crippen molar-refractivity contribution in [3.63, 3.8) is 0 Å². The van der Waals surface area contributed by atoms with Gasteiger partial charge in [0.25, 0.3) is 0 Å². The average molecular weight is 326 g/mol. The Balaban J connectivity index is 2.12. The second kappa shape index (κ2) is 5.63. The molecule has 0 saturated heterocycles. The molecule has 1 aliphatic rings. The lowest BCUT2D eigenvalue weighted by atomic mass is 9.94. The first kappa shape index (κ1) is 14.5. The van der Waals surface area contributed by atoms with E-state index in [2.05, 4.69) is 21.2 Å². The molecule has 4 heteroatoms. The monoisotopic (exact) mass is 325 g/mol. The predicted octanol–water partition coefficient (Wildman–Crippen LogP) is 2.61. The first-order valence-electron chi connectivity index (χ1n) is 6.67. The van der Waals surface area contributed by atoms with Crippen LogP contribution in [0.3, 0.4) is 0 Å². The van der Waals surface area contributed by atoms with Gasteiger partial charge in [-0.25, -0.2) is 0 Å². The van der Waals surface area contributed by atoms with E-state index in [0.717, 1.165) is 22.9 Å². The number of hydrogen-bond donors (Lipinski definition) is 2. The van der Waals surface area contributed by atoms with Crippen molar-refractivity contribution in [2.45, 2.75) is 38.1 Å². The number of amides is 1. The zero-order valence-electron chi connectivity index (χ0n) is 11.3. The van der Waals surface area contributed by atoms with Gasteiger partial charge < -0.3 is 10.4 Å². The summed E-state index contributed by atoms with van der Waals surface area (Å²) in [6.07, 6.45) is 1.77. The van der Waals surface area contributed by atoms with Crippen LogP contribution in [0.1, 0.15) is 32.3 Å². The SMILES string of the molecule is CC(C)C(CO)NC(=O)C1(c2ccc(Br)cc2)CC1. The molecule has 0 heterocycles. The highest BCUT2D eigenvalue weighted by molar-refractivity contribution is 9.10. The molecular weight excluding hydrogens is 306 g/mol. The molecule has 0 bridgehead atoms. The Bertz CT molecular complexity index is 452. The van der Waals surface area contributed by atoms with E-state index in [1.165, 1.54) is 0 Å². The maximum absolute atomic E-state index is 12.5. The van der Waals surface area contributed by atoms with Crippen molar-refractivity contribution in [2.75, 3.05) is 6.61 Å². The molecule has 3 nitrogen and oxygen atoms in total. The standard InChI is InChI=1S/C15H20BrNO2/c1-10(2)13(9-18)17-14(19)15(7-8-15)11-3-5-12(16)6-4-11/h3-6,10,13,18H,7-9H2,1-2H3,(H,17,19). The third-order valence-electron chi connectivity index (χ3n) is 3.90. The molecule has 0 aromatic heterocycles. The number of carbonyl (C=O) groups excluding carboxylic acids is 1. The molecule has 0 spiro atoms. The van der Waals surface area contributed by atoms with E-state index in [4.69, 9.17) is 0 Å². The van der Waals surface area contributed by atoms with E-state index in [1.807, 2.05) is 38.1 Å². The first-order chi connectivity index (χ1) is 8.99. The average Bonchev–Trinajstić information content (AvgIpc) is 3.17. The minimum Gasteiger partial charge on any atom is -0.394 e. The summed E-state index contributed by atoms with van der Waals surface area (Å²) in [6.45, 7) is 3.99. The van der Waals surface area contributed by atoms with E-state index >= 15 is 0 Å². The lowest BCUT2D eigenvalue weighted by Gasteiger charge is -2.24. The van der Waals surface area contributed by atoms with Gasteiger partial charge in [0.05, 0.1) is 18.1 Å². The molecule has 1 saturated carbocycles. The molecule has 2 N–H and O–H groups in total. The minimum absolute atomic E-state index is 0.0141. The quantitative estimate of drug-likeness (QED) is 0.874. The highest BCUT2D eigenvalue weighted by atomic mass is 79.9. The summed E-state index contributed by atoms with van der Waals surface area (Å²) in [6, 6.07) is 7.77. The Morgan fingerprint density at radius 2 is 1.95 bits per heavy atom. The third-order valence-corrected chi connectivity index (χ3v) is 4.43. The zero-order valence-corrected chi connectivity index (χ0v) is 12.9. The molecule has 1 aromatic carbocycles. The van der Waals surface area contributed by atoms with Gasteiger partial charge in [-0.2, -0.15) is 0 Å². The molecule has 1 atom stereocenters. The van der Waals surface area contributed by atoms with Crippen molar-refractivity contribution in [3.8, 4) is 0 Å². The summed E-state index contributed by atoms with van der Waals surface area (Å²) >= 11 is 3.41.